The Morgan fingerprint density at radius 2 is 2.30 bits per heavy atom. The summed E-state index contributed by atoms with van der Waals surface area (Å²) < 4.78 is 30.9. The molecule has 8 nitrogen and oxygen atoms in total. The highest BCUT2D eigenvalue weighted by molar-refractivity contribution is 5.73. The van der Waals surface area contributed by atoms with Gasteiger partial charge in [-0.05, 0) is 38.4 Å². The Bertz CT molecular complexity index is 910. The molecule has 0 spiro atoms. The van der Waals surface area contributed by atoms with Gasteiger partial charge in [-0.2, -0.15) is 13.9 Å². The lowest BCUT2D eigenvalue weighted by atomic mass is 9.98. The highest BCUT2D eigenvalue weighted by Gasteiger charge is 2.19. The monoisotopic (exact) mass is 377 g/mol. The zero-order chi connectivity index (χ0) is 18.8. The summed E-state index contributed by atoms with van der Waals surface area (Å²) in [5.74, 6) is 1.27. The average molecular weight is 377 g/mol. The second-order valence-electron chi connectivity index (χ2n) is 6.82. The van der Waals surface area contributed by atoms with Crippen LogP contribution in [-0.2, 0) is 6.54 Å². The van der Waals surface area contributed by atoms with E-state index in [-0.39, 0.29) is 5.88 Å². The second-order valence-corrected chi connectivity index (χ2v) is 6.82. The molecule has 144 valence electrons. The number of alkyl halides is 2. The minimum absolute atomic E-state index is 0.119. The van der Waals surface area contributed by atoms with E-state index in [1.54, 1.807) is 6.20 Å². The molecule has 1 saturated heterocycles. The second kappa shape index (κ2) is 7.47. The van der Waals surface area contributed by atoms with E-state index in [0.717, 1.165) is 30.8 Å². The van der Waals surface area contributed by atoms with Gasteiger partial charge in [0.25, 0.3) is 0 Å². The number of halogens is 2. The number of aromatic nitrogens is 5. The molecule has 10 heteroatoms. The summed E-state index contributed by atoms with van der Waals surface area (Å²) in [6, 6.07) is 3.29. The minimum Gasteiger partial charge on any atom is -0.417 e. The molecule has 0 aromatic carbocycles. The third-order valence-corrected chi connectivity index (χ3v) is 4.67. The van der Waals surface area contributed by atoms with Crippen molar-refractivity contribution in [3.8, 4) is 5.88 Å². The largest absolute Gasteiger partial charge is 0.417 e. The van der Waals surface area contributed by atoms with Gasteiger partial charge >= 0.3 is 6.61 Å². The summed E-state index contributed by atoms with van der Waals surface area (Å²) >= 11 is 0. The number of nitrogens with zero attached hydrogens (tertiary/aromatic N) is 5. The quantitative estimate of drug-likeness (QED) is 0.687. The first-order valence-electron chi connectivity index (χ1n) is 8.84. The Labute approximate surface area is 154 Å². The van der Waals surface area contributed by atoms with Crippen LogP contribution >= 0.6 is 0 Å². The SMILES string of the molecule is CN1CCC[C@H](Cn2ccc3ncc(Nc4cc(OC(F)F)[nH]n4)nc32)C1. The Morgan fingerprint density at radius 3 is 3.11 bits per heavy atom. The van der Waals surface area contributed by atoms with Crippen LogP contribution in [0.15, 0.2) is 24.5 Å². The van der Waals surface area contributed by atoms with Crippen molar-refractivity contribution in [1.29, 1.82) is 0 Å². The number of hydrogen-bond acceptors (Lipinski definition) is 6. The molecule has 1 fully saturated rings. The number of fused-ring (bicyclic) bond motifs is 1. The molecular weight excluding hydrogens is 356 g/mol. The molecular formula is C17H21F2N7O. The number of aromatic amines is 1. The van der Waals surface area contributed by atoms with E-state index in [4.69, 9.17) is 0 Å². The van der Waals surface area contributed by atoms with Crippen LogP contribution in [0.1, 0.15) is 12.8 Å². The first-order valence-corrected chi connectivity index (χ1v) is 8.84. The standard InChI is InChI=1S/C17H21F2N7O/c1-25-5-2-3-11(9-25)10-26-6-4-12-16(26)22-14(8-20-12)21-13-7-15(24-23-13)27-17(18)19/h4,6-8,11,17H,2-3,5,9-10H2,1H3,(H2,21,22,23,24)/t11-/m0/s1. The zero-order valence-corrected chi connectivity index (χ0v) is 14.9. The maximum absolute atomic E-state index is 12.2. The van der Waals surface area contributed by atoms with Crippen molar-refractivity contribution in [1.82, 2.24) is 29.6 Å². The van der Waals surface area contributed by atoms with Gasteiger partial charge in [-0.3, -0.25) is 0 Å². The molecule has 3 aromatic rings. The summed E-state index contributed by atoms with van der Waals surface area (Å²) in [4.78, 5) is 11.4. The van der Waals surface area contributed by atoms with Crippen molar-refractivity contribution in [2.75, 3.05) is 25.5 Å². The number of hydrogen-bond donors (Lipinski definition) is 2. The van der Waals surface area contributed by atoms with E-state index < -0.39 is 6.61 Å². The number of anilines is 2. The maximum Gasteiger partial charge on any atom is 0.388 e. The molecule has 3 aromatic heterocycles. The molecule has 1 aliphatic rings. The lowest BCUT2D eigenvalue weighted by Gasteiger charge is -2.29. The molecule has 0 bridgehead atoms. The zero-order valence-electron chi connectivity index (χ0n) is 14.9. The summed E-state index contributed by atoms with van der Waals surface area (Å²) in [5.41, 5.74) is 1.60. The van der Waals surface area contributed by atoms with E-state index in [1.807, 2.05) is 12.3 Å². The van der Waals surface area contributed by atoms with Crippen LogP contribution < -0.4 is 10.1 Å². The summed E-state index contributed by atoms with van der Waals surface area (Å²) in [6.07, 6.45) is 6.01. The molecule has 27 heavy (non-hydrogen) atoms. The predicted octanol–water partition coefficient (Wildman–Crippen LogP) is 2.84. The van der Waals surface area contributed by atoms with Crippen LogP contribution in [0.25, 0.3) is 11.2 Å². The first-order chi connectivity index (χ1) is 13.1. The van der Waals surface area contributed by atoms with Gasteiger partial charge in [0.2, 0.25) is 5.88 Å². The number of nitrogens with one attached hydrogen (secondary N) is 2. The van der Waals surface area contributed by atoms with Gasteiger partial charge in [0.05, 0.1) is 6.20 Å². The molecule has 0 saturated carbocycles. The fraction of sp³-hybridized carbons (Fsp3) is 0.471. The van der Waals surface area contributed by atoms with Crippen LogP contribution in [0.4, 0.5) is 20.4 Å². The fourth-order valence-electron chi connectivity index (χ4n) is 3.51. The molecule has 2 N–H and O–H groups in total. The van der Waals surface area contributed by atoms with Crippen molar-refractivity contribution in [3.63, 3.8) is 0 Å². The van der Waals surface area contributed by atoms with Gasteiger partial charge in [-0.25, -0.2) is 15.1 Å². The number of piperidine rings is 1. The van der Waals surface area contributed by atoms with Crippen molar-refractivity contribution in [2.45, 2.75) is 26.0 Å². The molecule has 0 aliphatic carbocycles. The summed E-state index contributed by atoms with van der Waals surface area (Å²) in [5, 5.41) is 9.22. The molecule has 0 radical (unpaired) electrons. The minimum atomic E-state index is -2.91. The summed E-state index contributed by atoms with van der Waals surface area (Å²) in [6.45, 7) is 0.209. The van der Waals surface area contributed by atoms with Crippen molar-refractivity contribution in [2.24, 2.45) is 5.92 Å². The van der Waals surface area contributed by atoms with Crippen LogP contribution in [0.2, 0.25) is 0 Å². The molecule has 0 amide bonds. The van der Waals surface area contributed by atoms with Crippen LogP contribution in [-0.4, -0.2) is 56.4 Å². The lowest BCUT2D eigenvalue weighted by molar-refractivity contribution is -0.0528. The number of H-pyrrole nitrogens is 1. The van der Waals surface area contributed by atoms with E-state index in [9.17, 15) is 8.78 Å². The Hall–Kier alpha value is -2.75. The average Bonchev–Trinajstić information content (AvgIpc) is 3.22. The van der Waals surface area contributed by atoms with E-state index in [1.165, 1.54) is 18.9 Å². The van der Waals surface area contributed by atoms with Crippen LogP contribution in [0, 0.1) is 5.92 Å². The van der Waals surface area contributed by atoms with Gasteiger partial charge in [-0.1, -0.05) is 0 Å². The lowest BCUT2D eigenvalue weighted by Crippen LogP contribution is -2.34. The van der Waals surface area contributed by atoms with Gasteiger partial charge in [-0.15, -0.1) is 0 Å². The molecule has 4 rings (SSSR count). The van der Waals surface area contributed by atoms with Crippen LogP contribution in [0.3, 0.4) is 0 Å². The Kier molecular flexibility index (Phi) is 4.88. The molecule has 0 unspecified atom stereocenters. The van der Waals surface area contributed by atoms with E-state index in [0.29, 0.717) is 17.6 Å². The molecule has 1 aliphatic heterocycles. The predicted molar refractivity (Wildman–Crippen MR) is 96.3 cm³/mol. The van der Waals surface area contributed by atoms with Gasteiger partial charge in [0.15, 0.2) is 17.3 Å². The smallest absolute Gasteiger partial charge is 0.388 e. The number of rotatable bonds is 6. The van der Waals surface area contributed by atoms with E-state index in [2.05, 4.69) is 46.7 Å². The van der Waals surface area contributed by atoms with Crippen molar-refractivity contribution < 1.29 is 13.5 Å². The van der Waals surface area contributed by atoms with Gasteiger partial charge < -0.3 is 19.5 Å². The van der Waals surface area contributed by atoms with Crippen LogP contribution in [0.5, 0.6) is 5.88 Å². The Balaban J connectivity index is 1.50. The highest BCUT2D eigenvalue weighted by atomic mass is 19.3. The Morgan fingerprint density at radius 1 is 1.41 bits per heavy atom. The normalized spacial score (nSPS) is 18.3. The highest BCUT2D eigenvalue weighted by Crippen LogP contribution is 2.22. The molecule has 4 heterocycles. The fourth-order valence-corrected chi connectivity index (χ4v) is 3.51. The van der Waals surface area contributed by atoms with Gasteiger partial charge in [0, 0.05) is 25.4 Å². The number of ether oxygens (including phenoxy) is 1. The van der Waals surface area contributed by atoms with Crippen molar-refractivity contribution >= 4 is 22.8 Å². The third-order valence-electron chi connectivity index (χ3n) is 4.67. The maximum atomic E-state index is 12.2. The summed E-state index contributed by atoms with van der Waals surface area (Å²) in [7, 11) is 2.15. The third kappa shape index (κ3) is 4.16. The van der Waals surface area contributed by atoms with Crippen molar-refractivity contribution in [3.05, 3.63) is 24.5 Å². The van der Waals surface area contributed by atoms with Gasteiger partial charge in [0.1, 0.15) is 5.52 Å². The number of likely N-dealkylation sites (tertiary alicyclic amines) is 1. The molecule has 1 atom stereocenters. The van der Waals surface area contributed by atoms with E-state index >= 15 is 0 Å². The first kappa shape index (κ1) is 17.7. The topological polar surface area (TPSA) is 83.9 Å².